The van der Waals surface area contributed by atoms with Crippen molar-refractivity contribution in [2.45, 2.75) is 17.9 Å². The van der Waals surface area contributed by atoms with E-state index in [9.17, 15) is 13.2 Å². The third-order valence-corrected chi connectivity index (χ3v) is 5.22. The van der Waals surface area contributed by atoms with E-state index < -0.39 is 10.0 Å². The largest absolute Gasteiger partial charge is 0.469 e. The number of ether oxygens (including phenoxy) is 1. The average Bonchev–Trinajstić information content (AvgIpc) is 2.68. The summed E-state index contributed by atoms with van der Waals surface area (Å²) < 4.78 is 31.5. The quantitative estimate of drug-likeness (QED) is 0.675. The van der Waals surface area contributed by atoms with E-state index in [1.165, 1.54) is 25.9 Å². The highest BCUT2D eigenvalue weighted by atomic mass is 79.9. The molecule has 0 aliphatic rings. The van der Waals surface area contributed by atoms with Crippen LogP contribution in [-0.2, 0) is 26.6 Å². The Labute approximate surface area is 119 Å². The number of carbonyl (C=O) groups is 1. The topological polar surface area (TPSA) is 94.4 Å². The molecule has 1 heterocycles. The highest BCUT2D eigenvalue weighted by Crippen LogP contribution is 2.21. The lowest BCUT2D eigenvalue weighted by atomic mass is 10.3. The second-order valence-electron chi connectivity index (χ2n) is 3.82. The lowest BCUT2D eigenvalue weighted by Gasteiger charge is -2.16. The molecule has 0 unspecified atom stereocenters. The van der Waals surface area contributed by atoms with Crippen LogP contribution >= 0.6 is 15.9 Å². The van der Waals surface area contributed by atoms with Crippen molar-refractivity contribution in [1.29, 1.82) is 0 Å². The van der Waals surface area contributed by atoms with Crippen LogP contribution in [-0.4, -0.2) is 54.4 Å². The fourth-order valence-electron chi connectivity index (χ4n) is 1.41. The molecule has 0 radical (unpaired) electrons. The molecule has 0 bridgehead atoms. The van der Waals surface area contributed by atoms with Crippen molar-refractivity contribution in [1.82, 2.24) is 19.3 Å². The van der Waals surface area contributed by atoms with Gasteiger partial charge in [-0.25, -0.2) is 13.1 Å². The van der Waals surface area contributed by atoms with Gasteiger partial charge in [0.25, 0.3) is 10.0 Å². The zero-order valence-corrected chi connectivity index (χ0v) is 13.2. The number of nitrogens with zero attached hydrogens (tertiary/aromatic N) is 4. The summed E-state index contributed by atoms with van der Waals surface area (Å²) in [6, 6.07) is 0. The standard InChI is InChI=1S/C9H15BrN4O4S/c1-13(6-4-5-7(15)18-3)19(16,17)9-8(10)11-12-14(9)2/h4-6H2,1-3H3. The van der Waals surface area contributed by atoms with E-state index in [0.717, 1.165) is 4.31 Å². The van der Waals surface area contributed by atoms with Crippen molar-refractivity contribution < 1.29 is 17.9 Å². The van der Waals surface area contributed by atoms with Crippen LogP contribution in [0.2, 0.25) is 0 Å². The first-order chi connectivity index (χ1) is 8.80. The molecular formula is C9H15BrN4O4S. The summed E-state index contributed by atoms with van der Waals surface area (Å²) in [5, 5.41) is 7.24. The van der Waals surface area contributed by atoms with Gasteiger partial charge in [-0.2, -0.15) is 4.31 Å². The molecule has 0 saturated carbocycles. The molecule has 0 saturated heterocycles. The normalized spacial score (nSPS) is 11.8. The molecule has 0 aliphatic carbocycles. The van der Waals surface area contributed by atoms with E-state index in [1.807, 2.05) is 0 Å². The van der Waals surface area contributed by atoms with Crippen molar-refractivity contribution in [3.63, 3.8) is 0 Å². The average molecular weight is 355 g/mol. The predicted molar refractivity (Wildman–Crippen MR) is 69.8 cm³/mol. The van der Waals surface area contributed by atoms with Gasteiger partial charge in [0.05, 0.1) is 7.11 Å². The van der Waals surface area contributed by atoms with Gasteiger partial charge in [0.15, 0.2) is 4.60 Å². The van der Waals surface area contributed by atoms with E-state index >= 15 is 0 Å². The van der Waals surface area contributed by atoms with Gasteiger partial charge >= 0.3 is 5.97 Å². The predicted octanol–water partition coefficient (Wildman–Crippen LogP) is 0.151. The second kappa shape index (κ2) is 6.44. The Morgan fingerprint density at radius 2 is 2.16 bits per heavy atom. The van der Waals surface area contributed by atoms with Gasteiger partial charge in [0.1, 0.15) is 0 Å². The van der Waals surface area contributed by atoms with Crippen molar-refractivity contribution in [3.8, 4) is 0 Å². The summed E-state index contributed by atoms with van der Waals surface area (Å²) in [5.41, 5.74) is 0. The van der Waals surface area contributed by atoms with Gasteiger partial charge in [-0.1, -0.05) is 5.21 Å². The van der Waals surface area contributed by atoms with Crippen molar-refractivity contribution in [2.75, 3.05) is 20.7 Å². The smallest absolute Gasteiger partial charge is 0.305 e. The van der Waals surface area contributed by atoms with Crippen LogP contribution in [0.25, 0.3) is 0 Å². The molecule has 0 aromatic carbocycles. The number of hydrogen-bond acceptors (Lipinski definition) is 6. The number of hydrogen-bond donors (Lipinski definition) is 0. The van der Waals surface area contributed by atoms with Crippen LogP contribution in [0.15, 0.2) is 9.63 Å². The summed E-state index contributed by atoms with van der Waals surface area (Å²) in [6.45, 7) is 0.203. The zero-order valence-electron chi connectivity index (χ0n) is 10.8. The van der Waals surface area contributed by atoms with Gasteiger partial charge in [-0.05, 0) is 22.4 Å². The zero-order chi connectivity index (χ0) is 14.6. The molecule has 108 valence electrons. The molecule has 1 rings (SSSR count). The highest BCUT2D eigenvalue weighted by Gasteiger charge is 2.28. The third-order valence-electron chi connectivity index (χ3n) is 2.47. The Morgan fingerprint density at radius 3 is 2.63 bits per heavy atom. The van der Waals surface area contributed by atoms with Crippen molar-refractivity contribution >= 4 is 31.9 Å². The number of halogens is 1. The highest BCUT2D eigenvalue weighted by molar-refractivity contribution is 9.10. The maximum atomic E-state index is 12.3. The minimum absolute atomic E-state index is 0.0203. The second-order valence-corrected chi connectivity index (χ2v) is 6.53. The molecule has 10 heteroatoms. The fourth-order valence-corrected chi connectivity index (χ4v) is 3.64. The van der Waals surface area contributed by atoms with Gasteiger partial charge in [0, 0.05) is 27.1 Å². The molecular weight excluding hydrogens is 340 g/mol. The monoisotopic (exact) mass is 354 g/mol. The number of aryl methyl sites for hydroxylation is 1. The maximum Gasteiger partial charge on any atom is 0.305 e. The van der Waals surface area contributed by atoms with Crippen LogP contribution < -0.4 is 0 Å². The van der Waals surface area contributed by atoms with Gasteiger partial charge in [-0.15, -0.1) is 5.10 Å². The number of carbonyl (C=O) groups excluding carboxylic acids is 1. The minimum Gasteiger partial charge on any atom is -0.469 e. The summed E-state index contributed by atoms with van der Waals surface area (Å²) >= 11 is 3.05. The fraction of sp³-hybridized carbons (Fsp3) is 0.667. The number of rotatable bonds is 6. The van der Waals surface area contributed by atoms with E-state index in [1.54, 1.807) is 0 Å². The summed E-state index contributed by atoms with van der Waals surface area (Å²) in [6.07, 6.45) is 0.548. The van der Waals surface area contributed by atoms with Crippen molar-refractivity contribution in [2.24, 2.45) is 7.05 Å². The Morgan fingerprint density at radius 1 is 1.53 bits per heavy atom. The number of esters is 1. The Balaban J connectivity index is 2.76. The van der Waals surface area contributed by atoms with Crippen molar-refractivity contribution in [3.05, 3.63) is 4.60 Å². The maximum absolute atomic E-state index is 12.3. The van der Waals surface area contributed by atoms with Crippen LogP contribution in [0.3, 0.4) is 0 Å². The van der Waals surface area contributed by atoms with E-state index in [-0.39, 0.29) is 28.6 Å². The van der Waals surface area contributed by atoms with Crippen LogP contribution in [0.1, 0.15) is 12.8 Å². The number of methoxy groups -OCH3 is 1. The molecule has 0 aliphatic heterocycles. The van der Waals surface area contributed by atoms with Crippen LogP contribution in [0, 0.1) is 0 Å². The van der Waals surface area contributed by atoms with Crippen LogP contribution in [0.4, 0.5) is 0 Å². The van der Waals surface area contributed by atoms with E-state index in [2.05, 4.69) is 31.0 Å². The lowest BCUT2D eigenvalue weighted by molar-refractivity contribution is -0.140. The molecule has 0 spiro atoms. The molecule has 0 amide bonds. The Kier molecular flexibility index (Phi) is 5.44. The minimum atomic E-state index is -3.69. The van der Waals surface area contributed by atoms with E-state index in [4.69, 9.17) is 0 Å². The number of aromatic nitrogens is 3. The van der Waals surface area contributed by atoms with E-state index in [0.29, 0.717) is 6.42 Å². The first kappa shape index (κ1) is 16.1. The molecule has 0 fully saturated rings. The number of sulfonamides is 1. The van der Waals surface area contributed by atoms with Crippen LogP contribution in [0.5, 0.6) is 0 Å². The first-order valence-corrected chi connectivity index (χ1v) is 7.62. The Hall–Kier alpha value is -1.00. The SMILES string of the molecule is COC(=O)CCCN(C)S(=O)(=O)c1c(Br)nnn1C. The van der Waals surface area contributed by atoms with Gasteiger partial charge in [-0.3, -0.25) is 4.79 Å². The first-order valence-electron chi connectivity index (χ1n) is 5.39. The Bertz CT molecular complexity index is 537. The molecule has 1 aromatic heterocycles. The molecule has 0 atom stereocenters. The molecule has 19 heavy (non-hydrogen) atoms. The summed E-state index contributed by atoms with van der Waals surface area (Å²) in [4.78, 5) is 11.0. The van der Waals surface area contributed by atoms with Gasteiger partial charge < -0.3 is 4.74 Å². The molecule has 0 N–H and O–H groups in total. The lowest BCUT2D eigenvalue weighted by Crippen LogP contribution is -2.30. The molecule has 1 aromatic rings. The summed E-state index contributed by atoms with van der Waals surface area (Å²) in [7, 11) is 0.533. The third kappa shape index (κ3) is 3.74. The van der Waals surface area contributed by atoms with Gasteiger partial charge in [0.2, 0.25) is 5.03 Å². The molecule has 8 nitrogen and oxygen atoms in total. The summed E-state index contributed by atoms with van der Waals surface area (Å²) in [5.74, 6) is -0.367.